The van der Waals surface area contributed by atoms with Gasteiger partial charge in [-0.2, -0.15) is 0 Å². The number of halogens is 1. The zero-order valence-corrected chi connectivity index (χ0v) is 14.7. The zero-order valence-electron chi connectivity index (χ0n) is 13.8. The van der Waals surface area contributed by atoms with Crippen LogP contribution in [0.2, 0.25) is 0 Å². The Morgan fingerprint density at radius 1 is 1.24 bits per heavy atom. The summed E-state index contributed by atoms with van der Waals surface area (Å²) >= 11 is 1.19. The van der Waals surface area contributed by atoms with E-state index in [2.05, 4.69) is 21.6 Å². The van der Waals surface area contributed by atoms with Crippen LogP contribution in [0, 0.1) is 5.82 Å². The van der Waals surface area contributed by atoms with Crippen molar-refractivity contribution < 1.29 is 13.6 Å². The van der Waals surface area contributed by atoms with Crippen LogP contribution in [0.5, 0.6) is 0 Å². The molecule has 3 rings (SSSR count). The van der Waals surface area contributed by atoms with Crippen molar-refractivity contribution in [1.29, 1.82) is 0 Å². The fourth-order valence-electron chi connectivity index (χ4n) is 2.65. The number of benzene rings is 1. The van der Waals surface area contributed by atoms with E-state index in [1.54, 1.807) is 12.1 Å². The van der Waals surface area contributed by atoms with Gasteiger partial charge in [-0.1, -0.05) is 23.4 Å². The number of rotatable bonds is 7. The summed E-state index contributed by atoms with van der Waals surface area (Å²) < 4.78 is 18.4. The summed E-state index contributed by atoms with van der Waals surface area (Å²) in [5, 5.41) is 11.1. The van der Waals surface area contributed by atoms with Crippen molar-refractivity contribution in [3.8, 4) is 11.5 Å². The minimum Gasteiger partial charge on any atom is -0.411 e. The van der Waals surface area contributed by atoms with E-state index in [-0.39, 0.29) is 17.5 Å². The number of amides is 1. The van der Waals surface area contributed by atoms with E-state index >= 15 is 0 Å². The number of hydrogen-bond donors (Lipinski definition) is 1. The molecule has 0 aliphatic heterocycles. The lowest BCUT2D eigenvalue weighted by Crippen LogP contribution is -2.26. The van der Waals surface area contributed by atoms with E-state index in [1.165, 1.54) is 42.3 Å². The van der Waals surface area contributed by atoms with Crippen molar-refractivity contribution in [2.24, 2.45) is 0 Å². The lowest BCUT2D eigenvalue weighted by Gasteiger charge is -2.12. The highest BCUT2D eigenvalue weighted by Gasteiger charge is 2.11. The van der Waals surface area contributed by atoms with Gasteiger partial charge in [0.05, 0.1) is 5.75 Å². The summed E-state index contributed by atoms with van der Waals surface area (Å²) in [6.45, 7) is 0.663. The first-order valence-corrected chi connectivity index (χ1v) is 9.36. The van der Waals surface area contributed by atoms with Crippen LogP contribution >= 0.6 is 11.8 Å². The Labute approximate surface area is 150 Å². The Kier molecular flexibility index (Phi) is 6.22. The number of thioether (sulfide) groups is 1. The lowest BCUT2D eigenvalue weighted by atomic mass is 9.97. The number of nitrogens with zero attached hydrogens (tertiary/aromatic N) is 2. The van der Waals surface area contributed by atoms with Crippen molar-refractivity contribution in [3.63, 3.8) is 0 Å². The van der Waals surface area contributed by atoms with Gasteiger partial charge in [0.25, 0.3) is 5.22 Å². The highest BCUT2D eigenvalue weighted by Crippen LogP contribution is 2.23. The zero-order chi connectivity index (χ0) is 17.5. The van der Waals surface area contributed by atoms with E-state index in [0.29, 0.717) is 23.2 Å². The molecule has 0 atom stereocenters. The van der Waals surface area contributed by atoms with E-state index < -0.39 is 0 Å². The number of nitrogens with one attached hydrogen (secondary N) is 1. The Morgan fingerprint density at radius 3 is 2.84 bits per heavy atom. The molecule has 1 heterocycles. The van der Waals surface area contributed by atoms with Crippen LogP contribution in [0.1, 0.15) is 32.1 Å². The molecule has 1 aliphatic rings. The van der Waals surface area contributed by atoms with Gasteiger partial charge in [0, 0.05) is 12.1 Å². The maximum absolute atomic E-state index is 12.9. The molecular weight excluding hydrogens is 341 g/mol. The third-order valence-electron chi connectivity index (χ3n) is 3.98. The molecule has 1 amide bonds. The van der Waals surface area contributed by atoms with Gasteiger partial charge in [0.15, 0.2) is 0 Å². The number of hydrogen-bond acceptors (Lipinski definition) is 5. The summed E-state index contributed by atoms with van der Waals surface area (Å²) in [5.41, 5.74) is 2.09. The number of allylic oxidation sites excluding steroid dienone is 1. The molecule has 0 unspecified atom stereocenters. The van der Waals surface area contributed by atoms with Crippen molar-refractivity contribution >= 4 is 17.7 Å². The van der Waals surface area contributed by atoms with Crippen LogP contribution in [-0.4, -0.2) is 28.4 Å². The van der Waals surface area contributed by atoms with Crippen LogP contribution < -0.4 is 5.32 Å². The molecule has 25 heavy (non-hydrogen) atoms. The Bertz CT molecular complexity index is 743. The highest BCUT2D eigenvalue weighted by atomic mass is 32.2. The number of carbonyl (C=O) groups is 1. The van der Waals surface area contributed by atoms with Gasteiger partial charge in [-0.25, -0.2) is 4.39 Å². The molecule has 5 nitrogen and oxygen atoms in total. The van der Waals surface area contributed by atoms with Crippen molar-refractivity contribution in [2.75, 3.05) is 12.3 Å². The summed E-state index contributed by atoms with van der Waals surface area (Å²) in [4.78, 5) is 11.9. The molecule has 1 aliphatic carbocycles. The Hall–Kier alpha value is -2.15. The predicted octanol–water partition coefficient (Wildman–Crippen LogP) is 3.97. The Balaban J connectivity index is 1.41. The van der Waals surface area contributed by atoms with Crippen molar-refractivity contribution in [2.45, 2.75) is 37.3 Å². The van der Waals surface area contributed by atoms with Gasteiger partial charge < -0.3 is 9.73 Å². The average Bonchev–Trinajstić information content (AvgIpc) is 3.10. The molecule has 0 fully saturated rings. The first-order valence-electron chi connectivity index (χ1n) is 8.37. The smallest absolute Gasteiger partial charge is 0.277 e. The maximum atomic E-state index is 12.9. The molecule has 0 saturated heterocycles. The molecule has 1 aromatic heterocycles. The summed E-state index contributed by atoms with van der Waals surface area (Å²) in [6.07, 6.45) is 8.05. The summed E-state index contributed by atoms with van der Waals surface area (Å²) in [7, 11) is 0. The quantitative estimate of drug-likeness (QED) is 0.597. The van der Waals surface area contributed by atoms with E-state index in [4.69, 9.17) is 4.42 Å². The van der Waals surface area contributed by atoms with Gasteiger partial charge in [-0.05, 0) is 56.4 Å². The second-order valence-electron chi connectivity index (χ2n) is 5.88. The molecule has 0 radical (unpaired) electrons. The Morgan fingerprint density at radius 2 is 2.08 bits per heavy atom. The molecule has 1 N–H and O–H groups in total. The molecule has 7 heteroatoms. The van der Waals surface area contributed by atoms with E-state index in [1.807, 2.05) is 0 Å². The number of aromatic nitrogens is 2. The third-order valence-corrected chi connectivity index (χ3v) is 4.80. The van der Waals surface area contributed by atoms with Gasteiger partial charge in [-0.3, -0.25) is 4.79 Å². The SMILES string of the molecule is O=C(CSc1nnc(-c2ccc(F)cc2)o1)NCCC1=CCCCC1. The van der Waals surface area contributed by atoms with Crippen LogP contribution in [0.15, 0.2) is 45.6 Å². The molecule has 1 aromatic carbocycles. The minimum atomic E-state index is -0.321. The maximum Gasteiger partial charge on any atom is 0.277 e. The van der Waals surface area contributed by atoms with Crippen molar-refractivity contribution in [3.05, 3.63) is 41.7 Å². The second kappa shape index (κ2) is 8.80. The first kappa shape index (κ1) is 17.7. The van der Waals surface area contributed by atoms with Crippen LogP contribution in [0.25, 0.3) is 11.5 Å². The average molecular weight is 361 g/mol. The predicted molar refractivity (Wildman–Crippen MR) is 94.6 cm³/mol. The number of carbonyl (C=O) groups excluding carboxylic acids is 1. The van der Waals surface area contributed by atoms with Gasteiger partial charge in [0.2, 0.25) is 11.8 Å². The molecule has 0 saturated carbocycles. The molecule has 2 aromatic rings. The summed E-state index contributed by atoms with van der Waals surface area (Å²) in [6, 6.07) is 5.82. The third kappa shape index (κ3) is 5.42. The largest absolute Gasteiger partial charge is 0.411 e. The lowest BCUT2D eigenvalue weighted by molar-refractivity contribution is -0.118. The fourth-order valence-corrected chi connectivity index (χ4v) is 3.24. The summed E-state index contributed by atoms with van der Waals surface area (Å²) in [5.74, 6) is 0.165. The van der Waals surface area contributed by atoms with Gasteiger partial charge in [-0.15, -0.1) is 10.2 Å². The molecule has 132 valence electrons. The van der Waals surface area contributed by atoms with Crippen LogP contribution in [-0.2, 0) is 4.79 Å². The fraction of sp³-hybridized carbons (Fsp3) is 0.389. The monoisotopic (exact) mass is 361 g/mol. The van der Waals surface area contributed by atoms with Crippen LogP contribution in [0.3, 0.4) is 0 Å². The molecular formula is C18H20FN3O2S. The van der Waals surface area contributed by atoms with Crippen LogP contribution in [0.4, 0.5) is 4.39 Å². The van der Waals surface area contributed by atoms with Gasteiger partial charge >= 0.3 is 0 Å². The first-order chi connectivity index (χ1) is 12.2. The minimum absolute atomic E-state index is 0.0528. The van der Waals surface area contributed by atoms with E-state index in [9.17, 15) is 9.18 Å². The standard InChI is InChI=1S/C18H20FN3O2S/c19-15-8-6-14(7-9-15)17-21-22-18(24-17)25-12-16(23)20-11-10-13-4-2-1-3-5-13/h4,6-9H,1-3,5,10-12H2,(H,20,23). The van der Waals surface area contributed by atoms with Crippen molar-refractivity contribution in [1.82, 2.24) is 15.5 Å². The normalized spacial score (nSPS) is 14.2. The second-order valence-corrected chi connectivity index (χ2v) is 6.80. The van der Waals surface area contributed by atoms with E-state index in [0.717, 1.165) is 19.3 Å². The van der Waals surface area contributed by atoms with Gasteiger partial charge in [0.1, 0.15) is 5.82 Å². The highest BCUT2D eigenvalue weighted by molar-refractivity contribution is 7.99. The topological polar surface area (TPSA) is 68.0 Å². The molecule has 0 bridgehead atoms. The molecule has 0 spiro atoms.